The molecule has 196 valence electrons. The number of ketones is 2. The Hall–Kier alpha value is -3.98. The standard InChI is InChI=1S/C27H24N2O8S/c1-29(2)22-18-12-15-11-14-7-6-10-19(37-38(35,36)16-8-4-3-5-9-16)20(14)24(31)21(15)26(33)27(18,34)25(32)17(13-28)23(22)30/h3-10,15,18,22,31-32,34H,11-12H2,1-2H3/t15-,18-,22-,27+/m0/s1. The monoisotopic (exact) mass is 536 g/mol. The van der Waals surface area contributed by atoms with Gasteiger partial charge in [0.25, 0.3) is 0 Å². The summed E-state index contributed by atoms with van der Waals surface area (Å²) in [6.07, 6.45) is 0.214. The van der Waals surface area contributed by atoms with Gasteiger partial charge in [-0.1, -0.05) is 30.3 Å². The average molecular weight is 537 g/mol. The minimum absolute atomic E-state index is 0.0197. The van der Waals surface area contributed by atoms with Crippen molar-refractivity contribution in [3.63, 3.8) is 0 Å². The third-order valence-corrected chi connectivity index (χ3v) is 8.79. The van der Waals surface area contributed by atoms with E-state index in [4.69, 9.17) is 4.18 Å². The van der Waals surface area contributed by atoms with Crippen LogP contribution in [-0.4, -0.2) is 65.9 Å². The zero-order valence-corrected chi connectivity index (χ0v) is 21.3. The van der Waals surface area contributed by atoms with Gasteiger partial charge < -0.3 is 19.5 Å². The predicted molar refractivity (Wildman–Crippen MR) is 133 cm³/mol. The van der Waals surface area contributed by atoms with Gasteiger partial charge in [-0.25, -0.2) is 0 Å². The summed E-state index contributed by atoms with van der Waals surface area (Å²) < 4.78 is 31.2. The van der Waals surface area contributed by atoms with Crippen molar-refractivity contribution in [3.8, 4) is 11.8 Å². The van der Waals surface area contributed by atoms with E-state index in [9.17, 15) is 38.6 Å². The van der Waals surface area contributed by atoms with Crippen LogP contribution in [0.15, 0.2) is 70.3 Å². The van der Waals surface area contributed by atoms with E-state index in [1.165, 1.54) is 35.2 Å². The lowest BCUT2D eigenvalue weighted by molar-refractivity contribution is -0.152. The predicted octanol–water partition coefficient (Wildman–Crippen LogP) is 2.06. The summed E-state index contributed by atoms with van der Waals surface area (Å²) >= 11 is 0. The quantitative estimate of drug-likeness (QED) is 0.493. The number of nitriles is 1. The van der Waals surface area contributed by atoms with Gasteiger partial charge in [0, 0.05) is 11.5 Å². The molecule has 3 N–H and O–H groups in total. The van der Waals surface area contributed by atoms with Crippen LogP contribution in [0.1, 0.15) is 17.5 Å². The molecule has 0 amide bonds. The van der Waals surface area contributed by atoms with E-state index < -0.39 is 62.3 Å². The Morgan fingerprint density at radius 1 is 1.08 bits per heavy atom. The number of carbonyl (C=O) groups excluding carboxylic acids is 2. The van der Waals surface area contributed by atoms with Crippen molar-refractivity contribution >= 4 is 27.4 Å². The van der Waals surface area contributed by atoms with E-state index in [0.717, 1.165) is 0 Å². The molecule has 0 bridgehead atoms. The van der Waals surface area contributed by atoms with E-state index in [0.29, 0.717) is 5.56 Å². The highest BCUT2D eigenvalue weighted by molar-refractivity contribution is 7.87. The molecule has 4 atom stereocenters. The second-order valence-electron chi connectivity index (χ2n) is 9.85. The Balaban J connectivity index is 1.65. The molecule has 1 fully saturated rings. The molecular weight excluding hydrogens is 512 g/mol. The third kappa shape index (κ3) is 3.56. The van der Waals surface area contributed by atoms with E-state index in [-0.39, 0.29) is 34.6 Å². The molecule has 0 aromatic heterocycles. The number of benzene rings is 2. The van der Waals surface area contributed by atoms with Crippen molar-refractivity contribution in [2.45, 2.75) is 29.4 Å². The second kappa shape index (κ2) is 8.80. The highest BCUT2D eigenvalue weighted by Gasteiger charge is 2.63. The molecule has 1 saturated carbocycles. The summed E-state index contributed by atoms with van der Waals surface area (Å²) in [6.45, 7) is 0. The second-order valence-corrected chi connectivity index (χ2v) is 11.4. The number of rotatable bonds is 4. The van der Waals surface area contributed by atoms with Crippen molar-refractivity contribution in [2.75, 3.05) is 14.1 Å². The first-order valence-electron chi connectivity index (χ1n) is 11.8. The summed E-state index contributed by atoms with van der Waals surface area (Å²) in [5, 5.41) is 43.3. The topological polar surface area (TPSA) is 165 Å². The Labute approximate surface area is 218 Å². The van der Waals surface area contributed by atoms with E-state index in [1.54, 1.807) is 38.4 Å². The highest BCUT2D eigenvalue weighted by Crippen LogP contribution is 2.52. The van der Waals surface area contributed by atoms with Crippen molar-refractivity contribution in [2.24, 2.45) is 11.8 Å². The van der Waals surface area contributed by atoms with Crippen LogP contribution in [-0.2, 0) is 26.1 Å². The molecule has 2 aromatic rings. The molecule has 0 radical (unpaired) electrons. The highest BCUT2D eigenvalue weighted by atomic mass is 32.2. The molecule has 5 rings (SSSR count). The van der Waals surface area contributed by atoms with Gasteiger partial charge >= 0.3 is 10.1 Å². The minimum Gasteiger partial charge on any atom is -0.507 e. The van der Waals surface area contributed by atoms with Crippen LogP contribution in [0.3, 0.4) is 0 Å². The number of fused-ring (bicyclic) bond motifs is 3. The number of likely N-dealkylation sites (N-methyl/N-ethyl adjacent to an activating group) is 1. The van der Waals surface area contributed by atoms with Crippen LogP contribution in [0.25, 0.3) is 5.76 Å². The molecule has 0 spiro atoms. The average Bonchev–Trinajstić information content (AvgIpc) is 2.87. The molecule has 10 nitrogen and oxygen atoms in total. The summed E-state index contributed by atoms with van der Waals surface area (Å²) in [5.74, 6) is -5.32. The van der Waals surface area contributed by atoms with Crippen LogP contribution in [0.2, 0.25) is 0 Å². The van der Waals surface area contributed by atoms with Gasteiger partial charge in [-0.15, -0.1) is 0 Å². The van der Waals surface area contributed by atoms with Gasteiger partial charge in [-0.3, -0.25) is 14.5 Å². The normalized spacial score (nSPS) is 27.0. The van der Waals surface area contributed by atoms with Gasteiger partial charge in [-0.05, 0) is 56.6 Å². The lowest BCUT2D eigenvalue weighted by Gasteiger charge is -2.49. The van der Waals surface area contributed by atoms with E-state index in [1.807, 2.05) is 0 Å². The van der Waals surface area contributed by atoms with Crippen LogP contribution in [0.5, 0.6) is 5.75 Å². The van der Waals surface area contributed by atoms with Crippen LogP contribution >= 0.6 is 0 Å². The first-order chi connectivity index (χ1) is 17.9. The maximum Gasteiger partial charge on any atom is 0.339 e. The number of Topliss-reactive ketones (excluding diaryl/α,β-unsaturated/α-hetero) is 2. The number of aliphatic hydroxyl groups is 3. The van der Waals surface area contributed by atoms with Gasteiger partial charge in [0.05, 0.1) is 11.6 Å². The number of aliphatic hydroxyl groups excluding tert-OH is 2. The fourth-order valence-electron chi connectivity index (χ4n) is 5.86. The number of hydrogen-bond donors (Lipinski definition) is 3. The lowest BCUT2D eigenvalue weighted by Crippen LogP contribution is -2.64. The molecule has 0 heterocycles. The van der Waals surface area contributed by atoms with Crippen molar-refractivity contribution in [3.05, 3.63) is 76.6 Å². The van der Waals surface area contributed by atoms with Crippen LogP contribution < -0.4 is 4.18 Å². The number of nitrogens with zero attached hydrogens (tertiary/aromatic N) is 2. The fourth-order valence-corrected chi connectivity index (χ4v) is 6.82. The smallest absolute Gasteiger partial charge is 0.339 e. The SMILES string of the molecule is CN(C)[C@@H]1C(=O)C(C#N)=C(O)[C@@]2(O)C(=O)C3=C(O)c4c(cccc4OS(=O)(=O)c4ccccc4)C[C@H]3C[C@@H]12. The van der Waals surface area contributed by atoms with Gasteiger partial charge in [0.1, 0.15) is 22.3 Å². The molecule has 0 saturated heterocycles. The van der Waals surface area contributed by atoms with Crippen LogP contribution in [0.4, 0.5) is 0 Å². The summed E-state index contributed by atoms with van der Waals surface area (Å²) in [7, 11) is -1.14. The molecule has 0 aliphatic heterocycles. The third-order valence-electron chi connectivity index (χ3n) is 7.54. The Morgan fingerprint density at radius 2 is 1.76 bits per heavy atom. The zero-order valence-electron chi connectivity index (χ0n) is 20.5. The minimum atomic E-state index is -4.28. The van der Waals surface area contributed by atoms with Gasteiger partial charge in [-0.2, -0.15) is 13.7 Å². The molecule has 11 heteroatoms. The van der Waals surface area contributed by atoms with E-state index in [2.05, 4.69) is 0 Å². The Kier molecular flexibility index (Phi) is 5.94. The largest absolute Gasteiger partial charge is 0.507 e. The van der Waals surface area contributed by atoms with Gasteiger partial charge in [0.2, 0.25) is 5.78 Å². The van der Waals surface area contributed by atoms with Gasteiger partial charge in [0.15, 0.2) is 22.9 Å². The lowest BCUT2D eigenvalue weighted by atomic mass is 9.57. The van der Waals surface area contributed by atoms with Crippen molar-refractivity contribution in [1.82, 2.24) is 4.90 Å². The molecule has 3 aliphatic rings. The fraction of sp³-hybridized carbons (Fsp3) is 0.296. The first kappa shape index (κ1) is 25.7. The maximum absolute atomic E-state index is 13.8. The van der Waals surface area contributed by atoms with Crippen LogP contribution in [0, 0.1) is 23.2 Å². The number of hydrogen-bond acceptors (Lipinski definition) is 10. The molecule has 0 unspecified atom stereocenters. The maximum atomic E-state index is 13.8. The molecular formula is C27H24N2O8S. The summed E-state index contributed by atoms with van der Waals surface area (Å²) in [5.41, 5.74) is -3.08. The number of carbonyl (C=O) groups is 2. The van der Waals surface area contributed by atoms with Crippen molar-refractivity contribution in [1.29, 1.82) is 5.26 Å². The van der Waals surface area contributed by atoms with Crippen molar-refractivity contribution < 1.29 is 37.5 Å². The molecule has 3 aliphatic carbocycles. The molecule has 38 heavy (non-hydrogen) atoms. The summed E-state index contributed by atoms with van der Waals surface area (Å²) in [4.78, 5) is 28.2. The Bertz CT molecular complexity index is 1590. The zero-order chi connectivity index (χ0) is 27.6. The Morgan fingerprint density at radius 3 is 2.39 bits per heavy atom. The molecule has 2 aromatic carbocycles. The van der Waals surface area contributed by atoms with E-state index >= 15 is 0 Å². The summed E-state index contributed by atoms with van der Waals surface area (Å²) in [6, 6.07) is 12.5. The first-order valence-corrected chi connectivity index (χ1v) is 13.2.